The van der Waals surface area contributed by atoms with Crippen LogP contribution < -0.4 is 4.74 Å². The molecular weight excluding hydrogens is 391 g/mol. The lowest BCUT2D eigenvalue weighted by Gasteiger charge is -2.42. The number of halogens is 2. The predicted molar refractivity (Wildman–Crippen MR) is 114 cm³/mol. The maximum absolute atomic E-state index is 13.2. The van der Waals surface area contributed by atoms with Gasteiger partial charge in [-0.1, -0.05) is 37.6 Å². The summed E-state index contributed by atoms with van der Waals surface area (Å²) in [5, 5.41) is 0.637. The zero-order chi connectivity index (χ0) is 20.8. The van der Waals surface area contributed by atoms with E-state index in [-0.39, 0.29) is 24.4 Å². The molecule has 1 heterocycles. The average molecular weight is 419 g/mol. The Labute approximate surface area is 177 Å². The zero-order valence-corrected chi connectivity index (χ0v) is 17.7. The van der Waals surface area contributed by atoms with Crippen LogP contribution in [0.25, 0.3) is 0 Å². The van der Waals surface area contributed by atoms with E-state index in [1.165, 1.54) is 12.1 Å². The molecule has 1 saturated heterocycles. The molecule has 0 spiro atoms. The number of benzene rings is 2. The molecular formula is C23H28ClFN2O2. The summed E-state index contributed by atoms with van der Waals surface area (Å²) < 4.78 is 18.8. The monoisotopic (exact) mass is 418 g/mol. The fourth-order valence-electron chi connectivity index (χ4n) is 3.69. The van der Waals surface area contributed by atoms with Gasteiger partial charge in [0.1, 0.15) is 11.6 Å². The van der Waals surface area contributed by atoms with Crippen molar-refractivity contribution in [3.63, 3.8) is 0 Å². The van der Waals surface area contributed by atoms with Crippen LogP contribution in [0.1, 0.15) is 25.8 Å². The van der Waals surface area contributed by atoms with Gasteiger partial charge in [0.25, 0.3) is 5.91 Å². The van der Waals surface area contributed by atoms with Gasteiger partial charge in [0.05, 0.1) is 0 Å². The van der Waals surface area contributed by atoms with Gasteiger partial charge in [0.2, 0.25) is 0 Å². The van der Waals surface area contributed by atoms with Gasteiger partial charge in [-0.3, -0.25) is 9.69 Å². The van der Waals surface area contributed by atoms with E-state index in [0.717, 1.165) is 25.1 Å². The van der Waals surface area contributed by atoms with Crippen LogP contribution in [0.3, 0.4) is 0 Å². The highest BCUT2D eigenvalue weighted by Gasteiger charge is 2.30. The Hall–Kier alpha value is -2.11. The van der Waals surface area contributed by atoms with Crippen molar-refractivity contribution in [3.05, 3.63) is 64.9 Å². The molecule has 156 valence electrons. The van der Waals surface area contributed by atoms with Gasteiger partial charge in [-0.25, -0.2) is 4.39 Å². The number of hydrogen-bond donors (Lipinski definition) is 0. The van der Waals surface area contributed by atoms with E-state index in [0.29, 0.717) is 29.8 Å². The van der Waals surface area contributed by atoms with E-state index in [1.54, 1.807) is 24.3 Å². The van der Waals surface area contributed by atoms with Crippen LogP contribution in [0.4, 0.5) is 4.39 Å². The Kier molecular flexibility index (Phi) is 7.51. The van der Waals surface area contributed by atoms with Crippen molar-refractivity contribution in [2.75, 3.05) is 26.2 Å². The molecule has 1 aliphatic heterocycles. The molecule has 0 N–H and O–H groups in total. The van der Waals surface area contributed by atoms with Crippen LogP contribution in [0.2, 0.25) is 5.02 Å². The zero-order valence-electron chi connectivity index (χ0n) is 17.0. The van der Waals surface area contributed by atoms with E-state index in [4.69, 9.17) is 16.3 Å². The summed E-state index contributed by atoms with van der Waals surface area (Å²) in [6.07, 6.45) is 1.00. The van der Waals surface area contributed by atoms with Crippen molar-refractivity contribution in [3.8, 4) is 5.75 Å². The Morgan fingerprint density at radius 2 is 1.83 bits per heavy atom. The lowest BCUT2D eigenvalue weighted by Crippen LogP contribution is -2.55. The summed E-state index contributed by atoms with van der Waals surface area (Å²) >= 11 is 5.88. The molecule has 3 rings (SSSR count). The molecule has 1 amide bonds. The Bertz CT molecular complexity index is 796. The molecule has 2 aromatic carbocycles. The Balaban J connectivity index is 1.58. The number of hydrogen-bond acceptors (Lipinski definition) is 3. The highest BCUT2D eigenvalue weighted by Crippen LogP contribution is 2.21. The molecule has 1 aliphatic rings. The van der Waals surface area contributed by atoms with Gasteiger partial charge >= 0.3 is 0 Å². The minimum absolute atomic E-state index is 0.00450. The van der Waals surface area contributed by atoms with Gasteiger partial charge in [-0.2, -0.15) is 0 Å². The van der Waals surface area contributed by atoms with Crippen molar-refractivity contribution in [1.82, 2.24) is 9.80 Å². The van der Waals surface area contributed by atoms with E-state index < -0.39 is 0 Å². The lowest BCUT2D eigenvalue weighted by molar-refractivity contribution is -0.136. The molecule has 4 nitrogen and oxygen atoms in total. The maximum Gasteiger partial charge on any atom is 0.260 e. The normalized spacial score (nSPS) is 17.6. The number of nitrogens with zero attached hydrogens (tertiary/aromatic N) is 2. The maximum atomic E-state index is 13.2. The standard InChI is InChI=1S/C23H28ClFN2O2/c1-17(2)13-21-15-27(23(28)16-29-22-9-5-19(24)6-10-22)12-11-26(21)14-18-3-7-20(25)8-4-18/h3-10,17,21H,11-16H2,1-2H3/t21-/m1/s1. The van der Waals surface area contributed by atoms with Gasteiger partial charge in [-0.05, 0) is 54.3 Å². The van der Waals surface area contributed by atoms with E-state index in [2.05, 4.69) is 18.7 Å². The predicted octanol–water partition coefficient (Wildman–Crippen LogP) is 4.62. The minimum atomic E-state index is -0.219. The SMILES string of the molecule is CC(C)C[C@@H]1CN(C(=O)COc2ccc(Cl)cc2)CCN1Cc1ccc(F)cc1. The summed E-state index contributed by atoms with van der Waals surface area (Å²) in [4.78, 5) is 17.0. The van der Waals surface area contributed by atoms with Crippen molar-refractivity contribution in [1.29, 1.82) is 0 Å². The Morgan fingerprint density at radius 3 is 2.48 bits per heavy atom. The van der Waals surface area contributed by atoms with Crippen LogP contribution in [-0.4, -0.2) is 48.0 Å². The second-order valence-electron chi connectivity index (χ2n) is 7.96. The molecule has 0 aromatic heterocycles. The summed E-state index contributed by atoms with van der Waals surface area (Å²) in [7, 11) is 0. The lowest BCUT2D eigenvalue weighted by atomic mass is 9.99. The number of carbonyl (C=O) groups excluding carboxylic acids is 1. The molecule has 1 atom stereocenters. The molecule has 1 fully saturated rings. The highest BCUT2D eigenvalue weighted by atomic mass is 35.5. The van der Waals surface area contributed by atoms with E-state index in [9.17, 15) is 9.18 Å². The van der Waals surface area contributed by atoms with Crippen LogP contribution in [0, 0.1) is 11.7 Å². The summed E-state index contributed by atoms with van der Waals surface area (Å²) in [5.74, 6) is 0.936. The smallest absolute Gasteiger partial charge is 0.260 e. The number of ether oxygens (including phenoxy) is 1. The third-order valence-electron chi connectivity index (χ3n) is 5.18. The first-order chi connectivity index (χ1) is 13.9. The topological polar surface area (TPSA) is 32.8 Å². The third kappa shape index (κ3) is 6.44. The van der Waals surface area contributed by atoms with Crippen LogP contribution >= 0.6 is 11.6 Å². The fraction of sp³-hybridized carbons (Fsp3) is 0.435. The van der Waals surface area contributed by atoms with Gasteiger partial charge in [0.15, 0.2) is 6.61 Å². The number of carbonyl (C=O) groups is 1. The Morgan fingerprint density at radius 1 is 1.14 bits per heavy atom. The second-order valence-corrected chi connectivity index (χ2v) is 8.40. The molecule has 0 radical (unpaired) electrons. The van der Waals surface area contributed by atoms with E-state index >= 15 is 0 Å². The molecule has 0 unspecified atom stereocenters. The molecule has 2 aromatic rings. The highest BCUT2D eigenvalue weighted by molar-refractivity contribution is 6.30. The van der Waals surface area contributed by atoms with Crippen LogP contribution in [0.15, 0.2) is 48.5 Å². The van der Waals surface area contributed by atoms with Crippen molar-refractivity contribution < 1.29 is 13.9 Å². The van der Waals surface area contributed by atoms with Crippen molar-refractivity contribution in [2.45, 2.75) is 32.9 Å². The van der Waals surface area contributed by atoms with Gasteiger partial charge < -0.3 is 9.64 Å². The van der Waals surface area contributed by atoms with Gasteiger partial charge in [0, 0.05) is 37.2 Å². The first-order valence-electron chi connectivity index (χ1n) is 10.1. The molecule has 0 saturated carbocycles. The number of rotatable bonds is 7. The van der Waals surface area contributed by atoms with Gasteiger partial charge in [-0.15, -0.1) is 0 Å². The summed E-state index contributed by atoms with van der Waals surface area (Å²) in [5.41, 5.74) is 1.09. The average Bonchev–Trinajstić information content (AvgIpc) is 2.70. The van der Waals surface area contributed by atoms with Crippen LogP contribution in [-0.2, 0) is 11.3 Å². The third-order valence-corrected chi connectivity index (χ3v) is 5.43. The quantitative estimate of drug-likeness (QED) is 0.657. The second kappa shape index (κ2) is 10.1. The summed E-state index contributed by atoms with van der Waals surface area (Å²) in [6, 6.07) is 14.0. The summed E-state index contributed by atoms with van der Waals surface area (Å²) in [6.45, 7) is 7.32. The molecule has 0 aliphatic carbocycles. The largest absolute Gasteiger partial charge is 0.484 e. The van der Waals surface area contributed by atoms with Crippen molar-refractivity contribution in [2.24, 2.45) is 5.92 Å². The first-order valence-corrected chi connectivity index (χ1v) is 10.4. The number of amides is 1. The molecule has 0 bridgehead atoms. The molecule has 6 heteroatoms. The molecule has 29 heavy (non-hydrogen) atoms. The van der Waals surface area contributed by atoms with E-state index in [1.807, 2.05) is 17.0 Å². The number of piperazine rings is 1. The van der Waals surface area contributed by atoms with Crippen molar-refractivity contribution >= 4 is 17.5 Å². The fourth-order valence-corrected chi connectivity index (χ4v) is 3.81. The minimum Gasteiger partial charge on any atom is -0.484 e. The van der Waals surface area contributed by atoms with Crippen LogP contribution in [0.5, 0.6) is 5.75 Å². The first kappa shape index (κ1) is 21.6.